The smallest absolute Gasteiger partial charge is 0.317 e. The van der Waals surface area contributed by atoms with E-state index in [1.165, 1.54) is 16.7 Å². The topological polar surface area (TPSA) is 55.9 Å². The fraction of sp³-hybridized carbons (Fsp3) is 0.417. The molecule has 2 saturated heterocycles. The van der Waals surface area contributed by atoms with E-state index >= 15 is 0 Å². The van der Waals surface area contributed by atoms with Crippen molar-refractivity contribution in [3.05, 3.63) is 65.2 Å². The molecule has 1 N–H and O–H groups in total. The first-order valence-corrected chi connectivity index (χ1v) is 10.7. The van der Waals surface area contributed by atoms with E-state index in [4.69, 9.17) is 0 Å². The quantitative estimate of drug-likeness (QED) is 0.849. The Morgan fingerprint density at radius 2 is 1.73 bits per heavy atom. The number of benzene rings is 2. The molecule has 0 radical (unpaired) electrons. The summed E-state index contributed by atoms with van der Waals surface area (Å²) in [5, 5.41) is 3.08. The number of carbonyl (C=O) groups excluding carboxylic acids is 2. The number of urea groups is 1. The highest BCUT2D eigenvalue weighted by Gasteiger charge is 2.33. The van der Waals surface area contributed by atoms with E-state index in [1.54, 1.807) is 4.90 Å². The fourth-order valence-corrected chi connectivity index (χ4v) is 4.16. The molecule has 2 fully saturated rings. The first-order valence-electron chi connectivity index (χ1n) is 10.7. The van der Waals surface area contributed by atoms with E-state index in [-0.39, 0.29) is 18.0 Å². The van der Waals surface area contributed by atoms with Gasteiger partial charge >= 0.3 is 6.03 Å². The lowest BCUT2D eigenvalue weighted by atomic mass is 10.1. The van der Waals surface area contributed by atoms with Crippen molar-refractivity contribution in [1.29, 1.82) is 0 Å². The van der Waals surface area contributed by atoms with Crippen molar-refractivity contribution >= 4 is 17.6 Å². The zero-order valence-corrected chi connectivity index (χ0v) is 17.8. The van der Waals surface area contributed by atoms with Crippen LogP contribution in [0.15, 0.2) is 48.5 Å². The first-order chi connectivity index (χ1) is 14.5. The second-order valence-electron chi connectivity index (χ2n) is 8.37. The third-order valence-corrected chi connectivity index (χ3v) is 6.16. The summed E-state index contributed by atoms with van der Waals surface area (Å²) in [5.74, 6) is 0.0660. The number of rotatable bonds is 4. The number of aryl methyl sites for hydroxylation is 2. The number of nitrogens with one attached hydrogen (secondary N) is 1. The van der Waals surface area contributed by atoms with Crippen molar-refractivity contribution in [2.45, 2.75) is 32.9 Å². The highest BCUT2D eigenvalue weighted by molar-refractivity contribution is 5.97. The Labute approximate surface area is 178 Å². The number of nitrogens with zero attached hydrogens (tertiary/aromatic N) is 3. The Morgan fingerprint density at radius 1 is 1.00 bits per heavy atom. The summed E-state index contributed by atoms with van der Waals surface area (Å²) in [6.07, 6.45) is 0.354. The molecule has 0 spiro atoms. The van der Waals surface area contributed by atoms with Crippen LogP contribution in [0.3, 0.4) is 0 Å². The molecule has 6 nitrogen and oxygen atoms in total. The van der Waals surface area contributed by atoms with Gasteiger partial charge in [-0.2, -0.15) is 0 Å². The second-order valence-corrected chi connectivity index (χ2v) is 8.37. The number of amides is 3. The zero-order valence-electron chi connectivity index (χ0n) is 17.8. The summed E-state index contributed by atoms with van der Waals surface area (Å²) in [4.78, 5) is 31.3. The van der Waals surface area contributed by atoms with Gasteiger partial charge in [-0.3, -0.25) is 9.69 Å². The maximum Gasteiger partial charge on any atom is 0.317 e. The normalized spacial score (nSPS) is 19.9. The van der Waals surface area contributed by atoms with Gasteiger partial charge in [0, 0.05) is 51.4 Å². The van der Waals surface area contributed by atoms with Gasteiger partial charge in [0.1, 0.15) is 0 Å². The van der Waals surface area contributed by atoms with Gasteiger partial charge in [0.25, 0.3) is 0 Å². The van der Waals surface area contributed by atoms with Gasteiger partial charge in [-0.1, -0.05) is 36.4 Å². The Morgan fingerprint density at radius 3 is 2.43 bits per heavy atom. The molecule has 2 aliphatic rings. The van der Waals surface area contributed by atoms with Crippen LogP contribution in [0.4, 0.5) is 10.5 Å². The highest BCUT2D eigenvalue weighted by Crippen LogP contribution is 2.24. The lowest BCUT2D eigenvalue weighted by Crippen LogP contribution is -2.53. The molecular formula is C24H30N4O2. The Balaban J connectivity index is 1.27. The lowest BCUT2D eigenvalue weighted by Gasteiger charge is -2.35. The molecule has 6 heteroatoms. The summed E-state index contributed by atoms with van der Waals surface area (Å²) in [7, 11) is 0. The molecule has 0 aromatic heterocycles. The number of piperazine rings is 1. The molecular weight excluding hydrogens is 376 g/mol. The Hall–Kier alpha value is -2.86. The summed E-state index contributed by atoms with van der Waals surface area (Å²) < 4.78 is 0. The van der Waals surface area contributed by atoms with Gasteiger partial charge in [0.2, 0.25) is 5.91 Å². The van der Waals surface area contributed by atoms with Crippen molar-refractivity contribution in [3.8, 4) is 0 Å². The van der Waals surface area contributed by atoms with Crippen LogP contribution in [0, 0.1) is 13.8 Å². The minimum absolute atomic E-state index is 0.0610. The molecule has 0 unspecified atom stereocenters. The monoisotopic (exact) mass is 406 g/mol. The molecule has 0 bridgehead atoms. The van der Waals surface area contributed by atoms with E-state index in [2.05, 4.69) is 48.3 Å². The van der Waals surface area contributed by atoms with Crippen LogP contribution in [-0.2, 0) is 11.3 Å². The van der Waals surface area contributed by atoms with Gasteiger partial charge in [-0.15, -0.1) is 0 Å². The van der Waals surface area contributed by atoms with Gasteiger partial charge in [-0.25, -0.2) is 4.79 Å². The van der Waals surface area contributed by atoms with E-state index in [0.29, 0.717) is 26.1 Å². The third-order valence-electron chi connectivity index (χ3n) is 6.16. The Bertz CT molecular complexity index is 907. The average Bonchev–Trinajstić information content (AvgIpc) is 3.11. The SMILES string of the molecule is Cc1ccc(N2C[C@H](NC(=O)N3CCN(Cc4ccccc4)CC3)CC2=O)cc1C. The van der Waals surface area contributed by atoms with Crippen LogP contribution in [0.25, 0.3) is 0 Å². The summed E-state index contributed by atoms with van der Waals surface area (Å²) >= 11 is 0. The minimum Gasteiger partial charge on any atom is -0.333 e. The zero-order chi connectivity index (χ0) is 21.1. The second kappa shape index (κ2) is 8.88. The molecule has 2 aromatic rings. The van der Waals surface area contributed by atoms with Crippen LogP contribution in [0.1, 0.15) is 23.1 Å². The molecule has 2 aliphatic heterocycles. The molecule has 0 aliphatic carbocycles. The van der Waals surface area contributed by atoms with Gasteiger partial charge in [0.15, 0.2) is 0 Å². The molecule has 3 amide bonds. The molecule has 4 rings (SSSR count). The average molecular weight is 407 g/mol. The van der Waals surface area contributed by atoms with Crippen molar-refractivity contribution in [2.24, 2.45) is 0 Å². The van der Waals surface area contributed by atoms with Gasteiger partial charge in [-0.05, 0) is 42.7 Å². The molecule has 0 saturated carbocycles. The summed E-state index contributed by atoms with van der Waals surface area (Å²) in [6, 6.07) is 16.3. The number of carbonyl (C=O) groups is 2. The molecule has 2 aromatic carbocycles. The van der Waals surface area contributed by atoms with Crippen LogP contribution < -0.4 is 10.2 Å². The first kappa shape index (κ1) is 20.4. The Kier molecular flexibility index (Phi) is 6.04. The van der Waals surface area contributed by atoms with E-state index < -0.39 is 0 Å². The number of anilines is 1. The maximum atomic E-state index is 12.7. The number of hydrogen-bond acceptors (Lipinski definition) is 3. The molecule has 1 atom stereocenters. The van der Waals surface area contributed by atoms with E-state index in [9.17, 15) is 9.59 Å². The molecule has 2 heterocycles. The predicted molar refractivity (Wildman–Crippen MR) is 118 cm³/mol. The summed E-state index contributed by atoms with van der Waals surface area (Å²) in [5.41, 5.74) is 4.59. The van der Waals surface area contributed by atoms with Gasteiger partial charge < -0.3 is 15.1 Å². The highest BCUT2D eigenvalue weighted by atomic mass is 16.2. The number of hydrogen-bond donors (Lipinski definition) is 1. The lowest BCUT2D eigenvalue weighted by molar-refractivity contribution is -0.117. The van der Waals surface area contributed by atoms with Gasteiger partial charge in [0.05, 0.1) is 6.04 Å². The molecule has 30 heavy (non-hydrogen) atoms. The van der Waals surface area contributed by atoms with Crippen molar-refractivity contribution < 1.29 is 9.59 Å². The van der Waals surface area contributed by atoms with Crippen LogP contribution >= 0.6 is 0 Å². The maximum absolute atomic E-state index is 12.7. The summed E-state index contributed by atoms with van der Waals surface area (Å²) in [6.45, 7) is 8.70. The minimum atomic E-state index is -0.144. The third kappa shape index (κ3) is 4.65. The molecule has 158 valence electrons. The van der Waals surface area contributed by atoms with Crippen LogP contribution in [0.5, 0.6) is 0 Å². The van der Waals surface area contributed by atoms with Crippen molar-refractivity contribution in [1.82, 2.24) is 15.1 Å². The van der Waals surface area contributed by atoms with Crippen LogP contribution in [-0.4, -0.2) is 60.5 Å². The van der Waals surface area contributed by atoms with Crippen molar-refractivity contribution in [2.75, 3.05) is 37.6 Å². The van der Waals surface area contributed by atoms with Crippen LogP contribution in [0.2, 0.25) is 0 Å². The van der Waals surface area contributed by atoms with Crippen molar-refractivity contribution in [3.63, 3.8) is 0 Å². The van der Waals surface area contributed by atoms with E-state index in [1.807, 2.05) is 29.2 Å². The van der Waals surface area contributed by atoms with E-state index in [0.717, 1.165) is 25.3 Å². The standard InChI is InChI=1S/C24H30N4O2/c1-18-8-9-22(14-19(18)2)28-17-21(15-23(28)29)25-24(30)27-12-10-26(11-13-27)16-20-6-4-3-5-7-20/h3-9,14,21H,10-13,15-17H2,1-2H3,(H,25,30)/t21-/m1/s1. The largest absolute Gasteiger partial charge is 0.333 e. The predicted octanol–water partition coefficient (Wildman–Crippen LogP) is 2.94. The fourth-order valence-electron chi connectivity index (χ4n) is 4.16.